The molecule has 0 radical (unpaired) electrons. The van der Waals surface area contributed by atoms with Crippen LogP contribution in [0.5, 0.6) is 34.5 Å². The van der Waals surface area contributed by atoms with Crippen molar-refractivity contribution in [3.8, 4) is 34.5 Å². The summed E-state index contributed by atoms with van der Waals surface area (Å²) in [5.41, 5.74) is 6.71. The van der Waals surface area contributed by atoms with Crippen molar-refractivity contribution in [3.63, 3.8) is 0 Å². The van der Waals surface area contributed by atoms with Crippen LogP contribution in [0.3, 0.4) is 0 Å². The number of nitrogens with zero attached hydrogens (tertiary/aromatic N) is 4. The summed E-state index contributed by atoms with van der Waals surface area (Å²) in [6.07, 6.45) is 4.84. The fraction of sp³-hybridized carbons (Fsp3) is 0.214. The van der Waals surface area contributed by atoms with Crippen molar-refractivity contribution in [2.75, 3.05) is 42.7 Å². The molecule has 40 heavy (non-hydrogen) atoms. The van der Waals surface area contributed by atoms with Gasteiger partial charge in [0, 0.05) is 5.56 Å². The Morgan fingerprint density at radius 1 is 0.575 bits per heavy atom. The van der Waals surface area contributed by atoms with Gasteiger partial charge in [0.2, 0.25) is 0 Å². The number of hydrogen-bond donors (Lipinski definition) is 2. The van der Waals surface area contributed by atoms with Gasteiger partial charge >= 0.3 is 5.96 Å². The van der Waals surface area contributed by atoms with Gasteiger partial charge in [-0.15, -0.1) is 0 Å². The summed E-state index contributed by atoms with van der Waals surface area (Å²) in [5.74, 6) is 3.92. The average molecular weight is 550 g/mol. The van der Waals surface area contributed by atoms with E-state index in [1.165, 1.54) is 5.43 Å². The first-order valence-electron chi connectivity index (χ1n) is 12.0. The molecule has 0 unspecified atom stereocenters. The third kappa shape index (κ3) is 8.20. The zero-order valence-electron chi connectivity index (χ0n) is 23.2. The molecule has 0 bridgehead atoms. The lowest BCUT2D eigenvalue weighted by molar-refractivity contribution is -0.549. The molecule has 0 aromatic heterocycles. The Morgan fingerprint density at radius 3 is 1.45 bits per heavy atom. The maximum atomic E-state index is 5.35. The normalized spacial score (nSPS) is 11.7. The Labute approximate surface area is 232 Å². The van der Waals surface area contributed by atoms with E-state index < -0.39 is 0 Å². The van der Waals surface area contributed by atoms with Crippen LogP contribution in [0.15, 0.2) is 75.0 Å². The monoisotopic (exact) mass is 549 g/mol. The lowest BCUT2D eigenvalue weighted by Crippen LogP contribution is -2.85. The predicted molar refractivity (Wildman–Crippen MR) is 154 cm³/mol. The third-order valence-electron chi connectivity index (χ3n) is 5.41. The molecule has 0 fully saturated rings. The number of nitrogens with one attached hydrogen (secondary N) is 1. The van der Waals surface area contributed by atoms with E-state index in [1.807, 2.05) is 24.3 Å². The summed E-state index contributed by atoms with van der Waals surface area (Å²) in [5, 5.41) is 17.0. The second-order valence-electron chi connectivity index (χ2n) is 7.85. The van der Waals surface area contributed by atoms with E-state index in [4.69, 9.17) is 28.4 Å². The summed E-state index contributed by atoms with van der Waals surface area (Å²) in [6.45, 7) is 0. The molecule has 12 heteroatoms. The van der Waals surface area contributed by atoms with E-state index in [-0.39, 0.29) is 5.96 Å². The van der Waals surface area contributed by atoms with Gasteiger partial charge in [0.05, 0.1) is 61.3 Å². The van der Waals surface area contributed by atoms with Crippen LogP contribution in [-0.2, 0) is 0 Å². The van der Waals surface area contributed by atoms with Crippen molar-refractivity contribution >= 4 is 24.6 Å². The van der Waals surface area contributed by atoms with E-state index in [0.717, 1.165) is 16.7 Å². The van der Waals surface area contributed by atoms with E-state index in [9.17, 15) is 0 Å². The highest BCUT2D eigenvalue weighted by Gasteiger charge is 2.07. The zero-order chi connectivity index (χ0) is 28.7. The minimum atomic E-state index is 0.283. The van der Waals surface area contributed by atoms with Crippen LogP contribution < -0.4 is 39.3 Å². The SMILES string of the molecule is COc1ccc(C=NN=C(NN=Cc2ccc(OC)c(OC)c2)[NH2+]N=Cc2ccc(OC)c(OC)c2)cc1OC. The molecule has 0 amide bonds. The molecular formula is C28H33N6O6+. The van der Waals surface area contributed by atoms with Crippen LogP contribution >= 0.6 is 0 Å². The van der Waals surface area contributed by atoms with E-state index in [1.54, 1.807) is 91.6 Å². The number of ether oxygens (including phenoxy) is 6. The van der Waals surface area contributed by atoms with Gasteiger partial charge in [-0.2, -0.15) is 15.6 Å². The first-order chi connectivity index (χ1) is 19.5. The van der Waals surface area contributed by atoms with Crippen molar-refractivity contribution < 1.29 is 33.8 Å². The fourth-order valence-electron chi connectivity index (χ4n) is 3.40. The Hall–Kier alpha value is -5.10. The van der Waals surface area contributed by atoms with Gasteiger partial charge in [0.1, 0.15) is 0 Å². The molecular weight excluding hydrogens is 516 g/mol. The first kappa shape index (κ1) is 29.5. The average Bonchev–Trinajstić information content (AvgIpc) is 3.00. The quantitative estimate of drug-likeness (QED) is 0.154. The second kappa shape index (κ2) is 15.3. The van der Waals surface area contributed by atoms with Crippen LogP contribution in [0.4, 0.5) is 0 Å². The molecule has 3 aromatic carbocycles. The highest BCUT2D eigenvalue weighted by atomic mass is 16.5. The highest BCUT2D eigenvalue weighted by molar-refractivity contribution is 5.84. The number of hydrazone groups is 1. The number of methoxy groups -OCH3 is 6. The van der Waals surface area contributed by atoms with Gasteiger partial charge in [-0.25, -0.2) is 5.43 Å². The van der Waals surface area contributed by atoms with Crippen LogP contribution in [-0.4, -0.2) is 67.3 Å². The molecule has 0 saturated carbocycles. The van der Waals surface area contributed by atoms with Gasteiger partial charge in [-0.3, -0.25) is 0 Å². The molecule has 0 aliphatic rings. The van der Waals surface area contributed by atoms with Gasteiger partial charge in [0.25, 0.3) is 0 Å². The van der Waals surface area contributed by atoms with Crippen molar-refractivity contribution in [2.24, 2.45) is 20.4 Å². The predicted octanol–water partition coefficient (Wildman–Crippen LogP) is 2.65. The molecule has 12 nitrogen and oxygen atoms in total. The summed E-state index contributed by atoms with van der Waals surface area (Å²) >= 11 is 0. The number of guanidine groups is 1. The number of rotatable bonds is 12. The standard InChI is InChI=1S/C28H32N6O6/c1-35-22-10-7-19(13-25(22)38-4)16-29-32-28(33-30-17-20-8-11-23(36-2)26(14-20)39-5)34-31-18-21-9-12-24(37-3)27(15-21)40-6/h7-18H,1-6H3,(H2,32,33,34)/p+1. The third-order valence-corrected chi connectivity index (χ3v) is 5.41. The number of quaternary nitrogens is 1. The van der Waals surface area contributed by atoms with Crippen LogP contribution in [0.2, 0.25) is 0 Å². The van der Waals surface area contributed by atoms with Crippen LogP contribution in [0.25, 0.3) is 0 Å². The summed E-state index contributed by atoms with van der Waals surface area (Å²) in [4.78, 5) is 0. The van der Waals surface area contributed by atoms with E-state index in [0.29, 0.717) is 34.5 Å². The summed E-state index contributed by atoms with van der Waals surface area (Å²) < 4.78 is 31.9. The van der Waals surface area contributed by atoms with Gasteiger partial charge in [0.15, 0.2) is 34.5 Å². The molecule has 3 rings (SSSR count). The van der Waals surface area contributed by atoms with Gasteiger partial charge in [-0.05, 0) is 65.7 Å². The minimum absolute atomic E-state index is 0.283. The van der Waals surface area contributed by atoms with Crippen molar-refractivity contribution in [1.82, 2.24) is 5.43 Å². The molecule has 210 valence electrons. The maximum absolute atomic E-state index is 5.35. The van der Waals surface area contributed by atoms with Gasteiger partial charge < -0.3 is 28.4 Å². The fourth-order valence-corrected chi connectivity index (χ4v) is 3.40. The molecule has 3 N–H and O–H groups in total. The molecule has 0 heterocycles. The summed E-state index contributed by atoms with van der Waals surface area (Å²) in [7, 11) is 9.46. The summed E-state index contributed by atoms with van der Waals surface area (Å²) in [6, 6.07) is 16.3. The molecule has 0 saturated heterocycles. The van der Waals surface area contributed by atoms with Crippen molar-refractivity contribution in [2.45, 2.75) is 0 Å². The van der Waals surface area contributed by atoms with Crippen LogP contribution in [0, 0.1) is 0 Å². The van der Waals surface area contributed by atoms with Crippen molar-refractivity contribution in [1.29, 1.82) is 0 Å². The number of hydrogen-bond acceptors (Lipinski definition) is 10. The van der Waals surface area contributed by atoms with Crippen LogP contribution in [0.1, 0.15) is 16.7 Å². The lowest BCUT2D eigenvalue weighted by Gasteiger charge is -2.07. The Bertz CT molecular complexity index is 1320. The molecule has 3 aromatic rings. The topological polar surface area (TPSA) is 133 Å². The molecule has 0 spiro atoms. The first-order valence-corrected chi connectivity index (χ1v) is 12.0. The number of nitrogens with two attached hydrogens (primary N) is 1. The van der Waals surface area contributed by atoms with Gasteiger partial charge in [-0.1, -0.05) is 10.2 Å². The number of benzene rings is 3. The lowest BCUT2D eigenvalue weighted by atomic mass is 10.2. The zero-order valence-corrected chi connectivity index (χ0v) is 23.2. The highest BCUT2D eigenvalue weighted by Crippen LogP contribution is 2.28. The smallest absolute Gasteiger partial charge is 0.365 e. The minimum Gasteiger partial charge on any atom is -0.493 e. The molecule has 0 atom stereocenters. The maximum Gasteiger partial charge on any atom is 0.365 e. The van der Waals surface area contributed by atoms with E-state index >= 15 is 0 Å². The Kier molecular flexibility index (Phi) is 11.3. The molecule has 0 aliphatic carbocycles. The van der Waals surface area contributed by atoms with Crippen molar-refractivity contribution in [3.05, 3.63) is 71.3 Å². The molecule has 0 aliphatic heterocycles. The Morgan fingerprint density at radius 2 is 1.00 bits per heavy atom. The Balaban J connectivity index is 1.80. The second-order valence-corrected chi connectivity index (χ2v) is 7.85. The largest absolute Gasteiger partial charge is 0.493 e. The van der Waals surface area contributed by atoms with E-state index in [2.05, 4.69) is 25.8 Å².